The van der Waals surface area contributed by atoms with E-state index in [1.165, 1.54) is 23.8 Å². The maximum absolute atomic E-state index is 12.8. The van der Waals surface area contributed by atoms with E-state index in [4.69, 9.17) is 9.47 Å². The third-order valence-corrected chi connectivity index (χ3v) is 5.05. The van der Waals surface area contributed by atoms with E-state index in [2.05, 4.69) is 31.3 Å². The molecule has 0 spiro atoms. The van der Waals surface area contributed by atoms with Gasteiger partial charge in [0, 0.05) is 7.05 Å². The average Bonchev–Trinajstić information content (AvgIpc) is 3.29. The second-order valence-electron chi connectivity index (χ2n) is 7.80. The minimum Gasteiger partial charge on any atom is -0.489 e. The number of carbonyl (C=O) groups excluding carboxylic acids is 3. The van der Waals surface area contributed by atoms with E-state index in [1.807, 2.05) is 0 Å². The first-order valence-corrected chi connectivity index (χ1v) is 10.1. The van der Waals surface area contributed by atoms with Gasteiger partial charge in [0.15, 0.2) is 11.5 Å². The van der Waals surface area contributed by atoms with Crippen molar-refractivity contribution in [3.8, 4) is 5.75 Å². The molecule has 1 atom stereocenters. The van der Waals surface area contributed by atoms with Crippen LogP contribution in [0.15, 0.2) is 42.6 Å². The van der Waals surface area contributed by atoms with Crippen molar-refractivity contribution in [3.05, 3.63) is 48.3 Å². The first-order valence-electron chi connectivity index (χ1n) is 10.1. The van der Waals surface area contributed by atoms with E-state index < -0.39 is 23.6 Å². The number of fused-ring (bicyclic) bond motifs is 1. The second-order valence-corrected chi connectivity index (χ2v) is 7.80. The zero-order valence-corrected chi connectivity index (χ0v) is 18.2. The van der Waals surface area contributed by atoms with E-state index in [-0.39, 0.29) is 18.3 Å². The Labute approximate surface area is 188 Å². The number of carbonyl (C=O) groups is 3. The molecule has 4 N–H and O–H groups in total. The number of benzene rings is 1. The molecule has 1 aliphatic heterocycles. The molecule has 33 heavy (non-hydrogen) atoms. The monoisotopic (exact) mass is 453 g/mol. The Morgan fingerprint density at radius 1 is 1.21 bits per heavy atom. The average molecular weight is 453 g/mol. The number of hydrogen-bond acceptors (Lipinski definition) is 7. The molecule has 12 heteroatoms. The number of imidazole rings is 1. The van der Waals surface area contributed by atoms with E-state index in [0.717, 1.165) is 0 Å². The Kier molecular flexibility index (Phi) is 5.73. The Balaban J connectivity index is 1.47. The van der Waals surface area contributed by atoms with Crippen LogP contribution in [0.3, 0.4) is 0 Å². The van der Waals surface area contributed by atoms with Crippen LogP contribution in [0.4, 0.5) is 21.1 Å². The van der Waals surface area contributed by atoms with Crippen LogP contribution in [0, 0.1) is 0 Å². The van der Waals surface area contributed by atoms with Gasteiger partial charge in [0.05, 0.1) is 11.9 Å². The molecule has 0 aliphatic carbocycles. The number of ether oxygens (including phenoxy) is 2. The van der Waals surface area contributed by atoms with Crippen LogP contribution in [0.1, 0.15) is 24.3 Å². The predicted octanol–water partition coefficient (Wildman–Crippen LogP) is 2.00. The molecule has 0 saturated carbocycles. The molecule has 4 rings (SSSR count). The van der Waals surface area contributed by atoms with Crippen molar-refractivity contribution < 1.29 is 23.9 Å². The fraction of sp³-hybridized carbons (Fsp3) is 0.286. The lowest BCUT2D eigenvalue weighted by Gasteiger charge is -2.24. The molecule has 1 aliphatic rings. The van der Waals surface area contributed by atoms with Crippen molar-refractivity contribution in [1.29, 1.82) is 0 Å². The summed E-state index contributed by atoms with van der Waals surface area (Å²) in [6.07, 6.45) is 1.00. The van der Waals surface area contributed by atoms with Gasteiger partial charge in [-0.15, -0.1) is 0 Å². The number of alkyl carbamates (subject to hydrolysis) is 1. The number of aromatic nitrogens is 3. The molecule has 3 heterocycles. The largest absolute Gasteiger partial charge is 0.489 e. The van der Waals surface area contributed by atoms with Crippen molar-refractivity contribution >= 4 is 35.2 Å². The molecule has 4 amide bonds. The lowest BCUT2D eigenvalue weighted by atomic mass is 10.0. The standard InChI is InChI=1S/C21H23N7O5/c1-21(2)15(24-20(31)33-21)11-32-14-7-5-4-6-12(14)23-18(29)13-8-9-17-25-16(10-28(17)27-13)26-19(30)22-3/h4-10,15H,11H2,1-3H3,(H,23,29)(H,24,31)(H2,22,26,30). The highest BCUT2D eigenvalue weighted by Gasteiger charge is 2.41. The van der Waals surface area contributed by atoms with Crippen molar-refractivity contribution in [2.24, 2.45) is 0 Å². The lowest BCUT2D eigenvalue weighted by molar-refractivity contribution is 0.0568. The molecule has 172 valence electrons. The van der Waals surface area contributed by atoms with Crippen LogP contribution >= 0.6 is 0 Å². The van der Waals surface area contributed by atoms with E-state index >= 15 is 0 Å². The summed E-state index contributed by atoms with van der Waals surface area (Å²) in [5, 5.41) is 14.7. The van der Waals surface area contributed by atoms with Gasteiger partial charge in [-0.25, -0.2) is 19.1 Å². The summed E-state index contributed by atoms with van der Waals surface area (Å²) in [7, 11) is 1.49. The highest BCUT2D eigenvalue weighted by Crippen LogP contribution is 2.27. The number of cyclic esters (lactones) is 1. The van der Waals surface area contributed by atoms with Crippen molar-refractivity contribution in [2.75, 3.05) is 24.3 Å². The van der Waals surface area contributed by atoms with Crippen LogP contribution in [0.2, 0.25) is 0 Å². The first-order chi connectivity index (χ1) is 15.7. The second kappa shape index (κ2) is 8.65. The summed E-state index contributed by atoms with van der Waals surface area (Å²) in [5.74, 6) is 0.271. The summed E-state index contributed by atoms with van der Waals surface area (Å²) in [6.45, 7) is 3.74. The summed E-state index contributed by atoms with van der Waals surface area (Å²) < 4.78 is 12.5. The zero-order valence-electron chi connectivity index (χ0n) is 18.2. The summed E-state index contributed by atoms with van der Waals surface area (Å²) in [5.41, 5.74) is 0.328. The molecule has 0 bridgehead atoms. The quantitative estimate of drug-likeness (QED) is 0.446. The maximum atomic E-state index is 12.8. The Morgan fingerprint density at radius 3 is 2.73 bits per heavy atom. The first kappa shape index (κ1) is 21.9. The van der Waals surface area contributed by atoms with Crippen LogP contribution in [0.5, 0.6) is 5.75 Å². The van der Waals surface area contributed by atoms with Gasteiger partial charge in [0.25, 0.3) is 5.91 Å². The number of anilines is 2. The van der Waals surface area contributed by atoms with Crippen molar-refractivity contribution in [3.63, 3.8) is 0 Å². The third kappa shape index (κ3) is 4.79. The minimum absolute atomic E-state index is 0.138. The molecule has 1 fully saturated rings. The molecule has 3 aromatic rings. The SMILES string of the molecule is CNC(=O)Nc1cn2nc(C(=O)Nc3ccccc3OCC3NC(=O)OC3(C)C)ccc2n1. The number of amides is 4. The van der Waals surface area contributed by atoms with Gasteiger partial charge in [0.1, 0.15) is 29.7 Å². The predicted molar refractivity (Wildman–Crippen MR) is 118 cm³/mol. The van der Waals surface area contributed by atoms with Crippen molar-refractivity contribution in [2.45, 2.75) is 25.5 Å². The highest BCUT2D eigenvalue weighted by atomic mass is 16.6. The van der Waals surface area contributed by atoms with Gasteiger partial charge >= 0.3 is 12.1 Å². The van der Waals surface area contributed by atoms with Gasteiger partial charge < -0.3 is 25.4 Å². The number of nitrogens with one attached hydrogen (secondary N) is 4. The van der Waals surface area contributed by atoms with Crippen molar-refractivity contribution in [1.82, 2.24) is 25.2 Å². The summed E-state index contributed by atoms with van der Waals surface area (Å²) in [6, 6.07) is 9.32. The van der Waals surface area contributed by atoms with Gasteiger partial charge in [-0.2, -0.15) is 5.10 Å². The van der Waals surface area contributed by atoms with Crippen LogP contribution < -0.4 is 26.0 Å². The van der Waals surface area contributed by atoms with Gasteiger partial charge in [0.2, 0.25) is 0 Å². The number of rotatable bonds is 6. The number of hydrogen-bond donors (Lipinski definition) is 4. The maximum Gasteiger partial charge on any atom is 0.408 e. The fourth-order valence-corrected chi connectivity index (χ4v) is 3.20. The zero-order chi connectivity index (χ0) is 23.6. The van der Waals surface area contributed by atoms with Crippen LogP contribution in [0.25, 0.3) is 5.65 Å². The normalized spacial score (nSPS) is 16.6. The molecular formula is C21H23N7O5. The van der Waals surface area contributed by atoms with Gasteiger partial charge in [-0.1, -0.05) is 12.1 Å². The summed E-state index contributed by atoms with van der Waals surface area (Å²) in [4.78, 5) is 40.0. The molecular weight excluding hydrogens is 430 g/mol. The van der Waals surface area contributed by atoms with Gasteiger partial charge in [-0.05, 0) is 38.1 Å². The van der Waals surface area contributed by atoms with E-state index in [9.17, 15) is 14.4 Å². The molecule has 0 radical (unpaired) electrons. The summed E-state index contributed by atoms with van der Waals surface area (Å²) >= 11 is 0. The number of nitrogens with zero attached hydrogens (tertiary/aromatic N) is 3. The van der Waals surface area contributed by atoms with E-state index in [0.29, 0.717) is 22.9 Å². The molecule has 12 nitrogen and oxygen atoms in total. The van der Waals surface area contributed by atoms with Crippen LogP contribution in [-0.4, -0.2) is 57.9 Å². The highest BCUT2D eigenvalue weighted by molar-refractivity contribution is 6.03. The Bertz CT molecular complexity index is 1220. The smallest absolute Gasteiger partial charge is 0.408 e. The number of para-hydroxylation sites is 2. The molecule has 2 aromatic heterocycles. The Hall–Kier alpha value is -4.35. The molecule has 1 aromatic carbocycles. The lowest BCUT2D eigenvalue weighted by Crippen LogP contribution is -2.43. The third-order valence-electron chi connectivity index (χ3n) is 5.05. The van der Waals surface area contributed by atoms with Crippen LogP contribution in [-0.2, 0) is 4.74 Å². The molecule has 1 unspecified atom stereocenters. The fourth-order valence-electron chi connectivity index (χ4n) is 3.20. The minimum atomic E-state index is -0.717. The molecule has 1 saturated heterocycles. The van der Waals surface area contributed by atoms with E-state index in [1.54, 1.807) is 44.2 Å². The topological polar surface area (TPSA) is 148 Å². The number of urea groups is 1. The Morgan fingerprint density at radius 2 is 2.00 bits per heavy atom. The van der Waals surface area contributed by atoms with Gasteiger partial charge in [-0.3, -0.25) is 10.1 Å².